The topological polar surface area (TPSA) is 41.5 Å². The van der Waals surface area contributed by atoms with E-state index in [9.17, 15) is 8.78 Å². The second-order valence-electron chi connectivity index (χ2n) is 4.70. The lowest BCUT2D eigenvalue weighted by molar-refractivity contribution is 0.117. The molecule has 0 radical (unpaired) electrons. The van der Waals surface area contributed by atoms with E-state index in [-0.39, 0.29) is 6.61 Å². The number of aliphatic hydroxyl groups is 1. The summed E-state index contributed by atoms with van der Waals surface area (Å²) in [7, 11) is 0. The smallest absolute Gasteiger partial charge is 0.190 e. The fourth-order valence-electron chi connectivity index (χ4n) is 1.61. The average Bonchev–Trinajstić information content (AvgIpc) is 3.08. The Kier molecular flexibility index (Phi) is 4.14. The van der Waals surface area contributed by atoms with Gasteiger partial charge in [-0.25, -0.2) is 8.78 Å². The predicted octanol–water partition coefficient (Wildman–Crippen LogP) is 1.98. The van der Waals surface area contributed by atoms with Crippen LogP contribution in [-0.2, 0) is 6.54 Å². The van der Waals surface area contributed by atoms with Crippen molar-refractivity contribution in [2.24, 2.45) is 0 Å². The Hall–Kier alpha value is -1.20. The summed E-state index contributed by atoms with van der Waals surface area (Å²) in [5.41, 5.74) is 0.557. The van der Waals surface area contributed by atoms with E-state index < -0.39 is 23.5 Å². The van der Waals surface area contributed by atoms with E-state index in [0.717, 1.165) is 12.8 Å². The number of ether oxygens (including phenoxy) is 1. The summed E-state index contributed by atoms with van der Waals surface area (Å²) in [6.45, 7) is 1.81. The van der Waals surface area contributed by atoms with Crippen molar-refractivity contribution in [2.75, 3.05) is 6.61 Å². The van der Waals surface area contributed by atoms with Gasteiger partial charge in [-0.05, 0) is 37.5 Å². The van der Waals surface area contributed by atoms with E-state index >= 15 is 0 Å². The van der Waals surface area contributed by atoms with E-state index in [2.05, 4.69) is 5.32 Å². The standard InChI is InChI=1S/C13H17F2NO2/c1-8(17)7-18-13-11(14)4-9(5-12(13)15)6-16-10-2-3-10/h4-5,8,10,16-17H,2-3,6-7H2,1H3. The Bertz CT molecular complexity index is 396. The Morgan fingerprint density at radius 1 is 1.39 bits per heavy atom. The summed E-state index contributed by atoms with van der Waals surface area (Å²) in [4.78, 5) is 0. The minimum absolute atomic E-state index is 0.131. The van der Waals surface area contributed by atoms with E-state index in [0.29, 0.717) is 18.2 Å². The van der Waals surface area contributed by atoms with Gasteiger partial charge in [0.15, 0.2) is 17.4 Å². The third kappa shape index (κ3) is 3.65. The van der Waals surface area contributed by atoms with Gasteiger partial charge in [0.25, 0.3) is 0 Å². The van der Waals surface area contributed by atoms with Gasteiger partial charge >= 0.3 is 0 Å². The zero-order chi connectivity index (χ0) is 13.1. The van der Waals surface area contributed by atoms with Crippen molar-refractivity contribution in [1.82, 2.24) is 5.32 Å². The highest BCUT2D eigenvalue weighted by Gasteiger charge is 2.21. The SMILES string of the molecule is CC(O)COc1c(F)cc(CNC2CC2)cc1F. The van der Waals surface area contributed by atoms with Crippen LogP contribution in [0, 0.1) is 11.6 Å². The molecule has 3 nitrogen and oxygen atoms in total. The minimum atomic E-state index is -0.764. The van der Waals surface area contributed by atoms with Gasteiger partial charge in [-0.15, -0.1) is 0 Å². The minimum Gasteiger partial charge on any atom is -0.485 e. The Morgan fingerprint density at radius 3 is 2.50 bits per heavy atom. The fourth-order valence-corrected chi connectivity index (χ4v) is 1.61. The van der Waals surface area contributed by atoms with Crippen LogP contribution < -0.4 is 10.1 Å². The van der Waals surface area contributed by atoms with E-state index in [1.165, 1.54) is 19.1 Å². The number of rotatable bonds is 6. The first-order chi connectivity index (χ1) is 8.56. The lowest BCUT2D eigenvalue weighted by Gasteiger charge is -2.11. The van der Waals surface area contributed by atoms with Crippen molar-refractivity contribution in [1.29, 1.82) is 0 Å². The molecule has 2 rings (SSSR count). The number of benzene rings is 1. The molecule has 5 heteroatoms. The van der Waals surface area contributed by atoms with Gasteiger partial charge in [0.2, 0.25) is 0 Å². The summed E-state index contributed by atoms with van der Waals surface area (Å²) in [5.74, 6) is -1.89. The molecular formula is C13H17F2NO2. The first kappa shape index (κ1) is 13.2. The molecule has 18 heavy (non-hydrogen) atoms. The van der Waals surface area contributed by atoms with Crippen LogP contribution >= 0.6 is 0 Å². The molecule has 1 unspecified atom stereocenters. The maximum absolute atomic E-state index is 13.6. The number of halogens is 2. The van der Waals surface area contributed by atoms with Crippen LogP contribution in [-0.4, -0.2) is 23.9 Å². The molecule has 0 heterocycles. The van der Waals surface area contributed by atoms with Crippen molar-refractivity contribution in [3.63, 3.8) is 0 Å². The summed E-state index contributed by atoms with van der Waals surface area (Å²) in [5, 5.41) is 12.2. The molecule has 0 bridgehead atoms. The van der Waals surface area contributed by atoms with Crippen LogP contribution in [0.15, 0.2) is 12.1 Å². The van der Waals surface area contributed by atoms with E-state index in [1.54, 1.807) is 0 Å². The third-order valence-electron chi connectivity index (χ3n) is 2.70. The molecule has 1 fully saturated rings. The molecule has 100 valence electrons. The Balaban J connectivity index is 2.02. The van der Waals surface area contributed by atoms with Crippen LogP contribution in [0.1, 0.15) is 25.3 Å². The quantitative estimate of drug-likeness (QED) is 0.818. The normalized spacial score (nSPS) is 16.7. The number of nitrogens with one attached hydrogen (secondary N) is 1. The van der Waals surface area contributed by atoms with E-state index in [1.807, 2.05) is 0 Å². The van der Waals surface area contributed by atoms with Crippen LogP contribution in [0.3, 0.4) is 0 Å². The van der Waals surface area contributed by atoms with Crippen molar-refractivity contribution < 1.29 is 18.6 Å². The summed E-state index contributed by atoms with van der Waals surface area (Å²) in [6, 6.07) is 3.01. The number of hydrogen-bond acceptors (Lipinski definition) is 3. The first-order valence-corrected chi connectivity index (χ1v) is 6.08. The molecule has 0 aliphatic heterocycles. The second-order valence-corrected chi connectivity index (χ2v) is 4.70. The summed E-state index contributed by atoms with van der Waals surface area (Å²) in [6.07, 6.45) is 1.49. The predicted molar refractivity (Wildman–Crippen MR) is 63.4 cm³/mol. The fraction of sp³-hybridized carbons (Fsp3) is 0.538. The Morgan fingerprint density at radius 2 is 2.00 bits per heavy atom. The molecule has 1 atom stereocenters. The molecule has 1 aliphatic carbocycles. The maximum atomic E-state index is 13.6. The molecule has 1 saturated carbocycles. The monoisotopic (exact) mass is 257 g/mol. The summed E-state index contributed by atoms with van der Waals surface area (Å²) >= 11 is 0. The molecule has 1 aromatic carbocycles. The van der Waals surface area contributed by atoms with Crippen LogP contribution in [0.4, 0.5) is 8.78 Å². The molecular weight excluding hydrogens is 240 g/mol. The molecule has 0 saturated heterocycles. The second kappa shape index (κ2) is 5.63. The van der Waals surface area contributed by atoms with Crippen molar-refractivity contribution in [3.8, 4) is 5.75 Å². The van der Waals surface area contributed by atoms with Gasteiger partial charge in [0, 0.05) is 12.6 Å². The zero-order valence-corrected chi connectivity index (χ0v) is 10.2. The van der Waals surface area contributed by atoms with Gasteiger partial charge < -0.3 is 15.2 Å². The van der Waals surface area contributed by atoms with Crippen LogP contribution in [0.5, 0.6) is 5.75 Å². The molecule has 0 amide bonds. The van der Waals surface area contributed by atoms with Crippen molar-refractivity contribution in [2.45, 2.75) is 38.5 Å². The highest BCUT2D eigenvalue weighted by molar-refractivity contribution is 5.31. The van der Waals surface area contributed by atoms with Crippen molar-refractivity contribution >= 4 is 0 Å². The summed E-state index contributed by atoms with van der Waals surface area (Å²) < 4.78 is 32.2. The van der Waals surface area contributed by atoms with Crippen LogP contribution in [0.25, 0.3) is 0 Å². The lowest BCUT2D eigenvalue weighted by atomic mass is 10.2. The largest absolute Gasteiger partial charge is 0.485 e. The molecule has 2 N–H and O–H groups in total. The highest BCUT2D eigenvalue weighted by atomic mass is 19.1. The first-order valence-electron chi connectivity index (χ1n) is 6.08. The van der Waals surface area contributed by atoms with Gasteiger partial charge in [-0.2, -0.15) is 0 Å². The number of hydrogen-bond donors (Lipinski definition) is 2. The average molecular weight is 257 g/mol. The molecule has 1 aromatic rings. The maximum Gasteiger partial charge on any atom is 0.190 e. The van der Waals surface area contributed by atoms with Crippen molar-refractivity contribution in [3.05, 3.63) is 29.3 Å². The molecule has 0 spiro atoms. The van der Waals surface area contributed by atoms with Gasteiger partial charge in [-0.3, -0.25) is 0 Å². The molecule has 1 aliphatic rings. The highest BCUT2D eigenvalue weighted by Crippen LogP contribution is 2.24. The Labute approximate surface area is 105 Å². The van der Waals surface area contributed by atoms with Gasteiger partial charge in [0.05, 0.1) is 6.10 Å². The molecule has 0 aromatic heterocycles. The zero-order valence-electron chi connectivity index (χ0n) is 10.2. The number of aliphatic hydroxyl groups excluding tert-OH is 1. The third-order valence-corrected chi connectivity index (χ3v) is 2.70. The lowest BCUT2D eigenvalue weighted by Crippen LogP contribution is -2.17. The van der Waals surface area contributed by atoms with Gasteiger partial charge in [-0.1, -0.05) is 0 Å². The van der Waals surface area contributed by atoms with Crippen LogP contribution in [0.2, 0.25) is 0 Å². The van der Waals surface area contributed by atoms with E-state index in [4.69, 9.17) is 9.84 Å². The van der Waals surface area contributed by atoms with Gasteiger partial charge in [0.1, 0.15) is 6.61 Å².